The zero-order valence-electron chi connectivity index (χ0n) is 10.4. The monoisotopic (exact) mass is 297 g/mol. The van der Waals surface area contributed by atoms with Crippen molar-refractivity contribution in [1.29, 1.82) is 0 Å². The summed E-state index contributed by atoms with van der Waals surface area (Å²) in [6.45, 7) is -0.0285. The smallest absolute Gasteiger partial charge is 0.341 e. The molecule has 0 saturated carbocycles. The summed E-state index contributed by atoms with van der Waals surface area (Å²) >= 11 is 5.89. The molecule has 20 heavy (non-hydrogen) atoms. The third-order valence-corrected chi connectivity index (χ3v) is 2.97. The standard InChI is InChI=1S/C13H12ClNO5/c14-8-1-2-9-11(5-8)15(7-20-4-3-16)6-10(12(9)17)13(18)19/h1-2,5-6,16H,3-4,7H2,(H,18,19). The molecule has 106 valence electrons. The number of benzene rings is 1. The van der Waals surface area contributed by atoms with Gasteiger partial charge >= 0.3 is 5.97 Å². The Balaban J connectivity index is 2.63. The Bertz CT molecular complexity index is 710. The molecule has 6 nitrogen and oxygen atoms in total. The van der Waals surface area contributed by atoms with Crippen molar-refractivity contribution in [3.63, 3.8) is 0 Å². The molecule has 2 aromatic rings. The van der Waals surface area contributed by atoms with Gasteiger partial charge in [0.15, 0.2) is 0 Å². The van der Waals surface area contributed by atoms with Crippen LogP contribution in [0.4, 0.5) is 0 Å². The van der Waals surface area contributed by atoms with Crippen LogP contribution in [0.3, 0.4) is 0 Å². The minimum atomic E-state index is -1.30. The van der Waals surface area contributed by atoms with Crippen LogP contribution in [0, 0.1) is 0 Å². The lowest BCUT2D eigenvalue weighted by molar-refractivity contribution is 0.0496. The second-order valence-electron chi connectivity index (χ2n) is 4.07. The first kappa shape index (κ1) is 14.5. The lowest BCUT2D eigenvalue weighted by Crippen LogP contribution is -2.19. The van der Waals surface area contributed by atoms with Crippen LogP contribution in [0.25, 0.3) is 10.9 Å². The van der Waals surface area contributed by atoms with Crippen molar-refractivity contribution < 1.29 is 19.7 Å². The van der Waals surface area contributed by atoms with E-state index in [2.05, 4.69) is 0 Å². The molecule has 0 bridgehead atoms. The van der Waals surface area contributed by atoms with E-state index in [9.17, 15) is 9.59 Å². The summed E-state index contributed by atoms with van der Waals surface area (Å²) in [4.78, 5) is 23.1. The number of aromatic nitrogens is 1. The fourth-order valence-electron chi connectivity index (χ4n) is 1.85. The van der Waals surface area contributed by atoms with Crippen molar-refractivity contribution >= 4 is 28.5 Å². The van der Waals surface area contributed by atoms with Gasteiger partial charge in [-0.15, -0.1) is 0 Å². The maximum atomic E-state index is 12.0. The third-order valence-electron chi connectivity index (χ3n) is 2.74. The van der Waals surface area contributed by atoms with Gasteiger partial charge < -0.3 is 19.5 Å². The topological polar surface area (TPSA) is 88.8 Å². The number of nitrogens with zero attached hydrogens (tertiary/aromatic N) is 1. The summed E-state index contributed by atoms with van der Waals surface area (Å²) in [7, 11) is 0. The van der Waals surface area contributed by atoms with Crippen LogP contribution in [-0.4, -0.2) is 34.0 Å². The van der Waals surface area contributed by atoms with Gasteiger partial charge in [0.05, 0.1) is 18.7 Å². The van der Waals surface area contributed by atoms with Gasteiger partial charge in [-0.2, -0.15) is 0 Å². The van der Waals surface area contributed by atoms with Gasteiger partial charge in [-0.25, -0.2) is 4.79 Å². The Hall–Kier alpha value is -1.89. The van der Waals surface area contributed by atoms with E-state index in [4.69, 9.17) is 26.6 Å². The molecule has 2 rings (SSSR count). The molecule has 0 fully saturated rings. The van der Waals surface area contributed by atoms with E-state index in [1.807, 2.05) is 0 Å². The van der Waals surface area contributed by atoms with E-state index < -0.39 is 11.4 Å². The Morgan fingerprint density at radius 1 is 1.40 bits per heavy atom. The number of halogens is 1. The predicted octanol–water partition coefficient (Wildman–Crippen LogP) is 1.32. The highest BCUT2D eigenvalue weighted by Gasteiger charge is 2.14. The maximum Gasteiger partial charge on any atom is 0.341 e. The minimum absolute atomic E-state index is 0.0119. The van der Waals surface area contributed by atoms with Gasteiger partial charge in [0, 0.05) is 16.6 Å². The van der Waals surface area contributed by atoms with E-state index in [1.54, 1.807) is 6.07 Å². The average Bonchev–Trinajstić information content (AvgIpc) is 2.41. The van der Waals surface area contributed by atoms with Gasteiger partial charge in [-0.3, -0.25) is 4.79 Å². The number of rotatable bonds is 5. The number of carboxylic acids is 1. The summed E-state index contributed by atoms with van der Waals surface area (Å²) in [5.74, 6) is -1.30. The fraction of sp³-hybridized carbons (Fsp3) is 0.231. The molecule has 7 heteroatoms. The van der Waals surface area contributed by atoms with Gasteiger partial charge in [-0.05, 0) is 18.2 Å². The van der Waals surface area contributed by atoms with Crippen molar-refractivity contribution in [3.8, 4) is 0 Å². The van der Waals surface area contributed by atoms with Crippen molar-refractivity contribution in [3.05, 3.63) is 45.2 Å². The van der Waals surface area contributed by atoms with Crippen LogP contribution in [0.15, 0.2) is 29.2 Å². The molecule has 1 aromatic carbocycles. The summed E-state index contributed by atoms with van der Waals surface area (Å²) in [6.07, 6.45) is 1.21. The molecular weight excluding hydrogens is 286 g/mol. The average molecular weight is 298 g/mol. The molecule has 0 aliphatic heterocycles. The number of fused-ring (bicyclic) bond motifs is 1. The molecule has 0 saturated heterocycles. The number of carbonyl (C=O) groups is 1. The first-order valence-electron chi connectivity index (χ1n) is 5.79. The zero-order valence-corrected chi connectivity index (χ0v) is 11.1. The van der Waals surface area contributed by atoms with Crippen LogP contribution in [0.2, 0.25) is 5.02 Å². The van der Waals surface area contributed by atoms with Crippen molar-refractivity contribution in [2.45, 2.75) is 6.73 Å². The van der Waals surface area contributed by atoms with Crippen LogP contribution >= 0.6 is 11.6 Å². The summed E-state index contributed by atoms with van der Waals surface area (Å²) in [5.41, 5.74) is -0.430. The van der Waals surface area contributed by atoms with E-state index >= 15 is 0 Å². The van der Waals surface area contributed by atoms with Crippen LogP contribution in [0.1, 0.15) is 10.4 Å². The first-order chi connectivity index (χ1) is 9.54. The highest BCUT2D eigenvalue weighted by atomic mass is 35.5. The summed E-state index contributed by atoms with van der Waals surface area (Å²) < 4.78 is 6.64. The first-order valence-corrected chi connectivity index (χ1v) is 6.17. The second-order valence-corrected chi connectivity index (χ2v) is 4.51. The highest BCUT2D eigenvalue weighted by molar-refractivity contribution is 6.31. The number of carboxylic acid groups (broad SMARTS) is 1. The molecule has 1 aromatic heterocycles. The van der Waals surface area contributed by atoms with Crippen LogP contribution in [0.5, 0.6) is 0 Å². The number of hydrogen-bond acceptors (Lipinski definition) is 4. The number of pyridine rings is 1. The third kappa shape index (κ3) is 2.82. The van der Waals surface area contributed by atoms with Gasteiger partial charge in [0.25, 0.3) is 0 Å². The van der Waals surface area contributed by atoms with Gasteiger partial charge in [-0.1, -0.05) is 11.6 Å². The van der Waals surface area contributed by atoms with E-state index in [1.165, 1.54) is 22.9 Å². The number of aromatic carboxylic acids is 1. The van der Waals surface area contributed by atoms with Crippen molar-refractivity contribution in [1.82, 2.24) is 4.57 Å². The normalized spacial score (nSPS) is 10.9. The maximum absolute atomic E-state index is 12.0. The predicted molar refractivity (Wildman–Crippen MR) is 73.2 cm³/mol. The second kappa shape index (κ2) is 6.04. The molecule has 0 aliphatic carbocycles. The molecular formula is C13H12ClNO5. The SMILES string of the molecule is O=C(O)c1cn(COCCO)c2cc(Cl)ccc2c1=O. The van der Waals surface area contributed by atoms with Crippen molar-refractivity contribution in [2.75, 3.05) is 13.2 Å². The number of hydrogen-bond donors (Lipinski definition) is 2. The van der Waals surface area contributed by atoms with Gasteiger partial charge in [0.2, 0.25) is 5.43 Å². The largest absolute Gasteiger partial charge is 0.477 e. The Kier molecular flexibility index (Phi) is 4.39. The molecule has 0 atom stereocenters. The number of aliphatic hydroxyl groups excluding tert-OH is 1. The van der Waals surface area contributed by atoms with Gasteiger partial charge in [0.1, 0.15) is 12.3 Å². The molecule has 1 heterocycles. The van der Waals surface area contributed by atoms with E-state index in [-0.39, 0.29) is 30.9 Å². The minimum Gasteiger partial charge on any atom is -0.477 e. The zero-order chi connectivity index (χ0) is 14.7. The van der Waals surface area contributed by atoms with Crippen LogP contribution in [-0.2, 0) is 11.5 Å². The lowest BCUT2D eigenvalue weighted by atomic mass is 10.1. The molecule has 0 amide bonds. The molecule has 2 N–H and O–H groups in total. The quantitative estimate of drug-likeness (QED) is 0.813. The van der Waals surface area contributed by atoms with Crippen molar-refractivity contribution in [2.24, 2.45) is 0 Å². The lowest BCUT2D eigenvalue weighted by Gasteiger charge is -2.12. The molecule has 0 radical (unpaired) electrons. The Morgan fingerprint density at radius 3 is 2.80 bits per heavy atom. The molecule has 0 spiro atoms. The Morgan fingerprint density at radius 2 is 2.15 bits per heavy atom. The van der Waals surface area contributed by atoms with E-state index in [0.29, 0.717) is 10.5 Å². The molecule has 0 unspecified atom stereocenters. The summed E-state index contributed by atoms with van der Waals surface area (Å²) in [6, 6.07) is 4.57. The Labute approximate surface area is 118 Å². The fourth-order valence-corrected chi connectivity index (χ4v) is 2.02. The van der Waals surface area contributed by atoms with E-state index in [0.717, 1.165) is 0 Å². The summed E-state index contributed by atoms with van der Waals surface area (Å²) in [5, 5.41) is 18.4. The van der Waals surface area contributed by atoms with Crippen LogP contribution < -0.4 is 5.43 Å². The molecule has 0 aliphatic rings. The number of ether oxygens (including phenoxy) is 1. The number of aliphatic hydroxyl groups is 1. The highest BCUT2D eigenvalue weighted by Crippen LogP contribution is 2.18.